The van der Waals surface area contributed by atoms with E-state index in [4.69, 9.17) is 9.47 Å². The molecule has 1 aromatic rings. The van der Waals surface area contributed by atoms with Gasteiger partial charge in [0.2, 0.25) is 5.91 Å². The van der Waals surface area contributed by atoms with Crippen LogP contribution in [0.25, 0.3) is 0 Å². The molecule has 1 saturated heterocycles. The summed E-state index contributed by atoms with van der Waals surface area (Å²) >= 11 is 4.86. The van der Waals surface area contributed by atoms with Crippen molar-refractivity contribution in [2.45, 2.75) is 50.8 Å². The molecule has 168 valence electrons. The number of esters is 1. The summed E-state index contributed by atoms with van der Waals surface area (Å²) in [4.78, 5) is 40.4. The molecule has 0 aliphatic carbocycles. The fourth-order valence-corrected chi connectivity index (χ4v) is 5.69. The molecular weight excluding hydrogens is 484 g/mol. The van der Waals surface area contributed by atoms with Crippen LogP contribution in [-0.2, 0) is 30.3 Å². The van der Waals surface area contributed by atoms with Crippen molar-refractivity contribution in [1.82, 2.24) is 10.2 Å². The van der Waals surface area contributed by atoms with Gasteiger partial charge in [-0.2, -0.15) is 0 Å². The first-order valence-corrected chi connectivity index (χ1v) is 12.3. The van der Waals surface area contributed by atoms with E-state index < -0.39 is 28.6 Å². The Bertz CT molecular complexity index is 899. The van der Waals surface area contributed by atoms with E-state index in [1.165, 1.54) is 16.7 Å². The normalized spacial score (nSPS) is 23.2. The number of ether oxygens (including phenoxy) is 2. The Balaban J connectivity index is 1.86. The quantitative estimate of drug-likeness (QED) is 0.262. The van der Waals surface area contributed by atoms with Crippen LogP contribution in [0.5, 0.6) is 0 Å². The van der Waals surface area contributed by atoms with Crippen LogP contribution in [-0.4, -0.2) is 57.1 Å². The maximum atomic E-state index is 13.4. The number of nitrogens with one attached hydrogen (secondary N) is 1. The lowest BCUT2D eigenvalue weighted by molar-refractivity contribution is -0.198. The van der Waals surface area contributed by atoms with Gasteiger partial charge in [-0.25, -0.2) is 4.79 Å². The molecule has 0 aromatic heterocycles. The molecule has 1 N–H and O–H groups in total. The van der Waals surface area contributed by atoms with Crippen LogP contribution in [0.4, 0.5) is 0 Å². The van der Waals surface area contributed by atoms with Crippen LogP contribution in [0.2, 0.25) is 0 Å². The van der Waals surface area contributed by atoms with Gasteiger partial charge in [-0.3, -0.25) is 14.5 Å². The molecular formula is C22H27BrN2O5S. The first kappa shape index (κ1) is 23.8. The molecule has 1 aromatic carbocycles. The molecule has 0 saturated carbocycles. The van der Waals surface area contributed by atoms with Crippen LogP contribution < -0.4 is 5.32 Å². The van der Waals surface area contributed by atoms with Crippen LogP contribution in [0, 0.1) is 0 Å². The average Bonchev–Trinajstić information content (AvgIpc) is 2.71. The Morgan fingerprint density at radius 3 is 2.55 bits per heavy atom. The number of halogens is 1. The van der Waals surface area contributed by atoms with E-state index in [1.807, 2.05) is 30.3 Å². The second-order valence-corrected chi connectivity index (χ2v) is 9.93. The number of carbonyl (C=O) groups is 3. The van der Waals surface area contributed by atoms with E-state index >= 15 is 0 Å². The van der Waals surface area contributed by atoms with Gasteiger partial charge in [0, 0.05) is 17.7 Å². The molecule has 0 bridgehead atoms. The number of nitrogens with zero attached hydrogens (tertiary/aromatic N) is 1. The molecule has 7 nitrogen and oxygen atoms in total. The number of fused-ring (bicyclic) bond motifs is 1. The molecule has 0 radical (unpaired) electrons. The molecule has 1 unspecified atom stereocenters. The SMILES string of the molecule is CCOC1(NC(=O)Cc2ccccc2)C(=O)N2C(C(=O)OC(C)(C)C)=C(CBr)CS[C@@H]21. The van der Waals surface area contributed by atoms with Crippen LogP contribution in [0.3, 0.4) is 0 Å². The fraction of sp³-hybridized carbons (Fsp3) is 0.500. The molecule has 0 spiro atoms. The maximum Gasteiger partial charge on any atom is 0.355 e. The Kier molecular flexibility index (Phi) is 7.18. The highest BCUT2D eigenvalue weighted by atomic mass is 79.9. The van der Waals surface area contributed by atoms with E-state index in [2.05, 4.69) is 21.2 Å². The van der Waals surface area contributed by atoms with Crippen LogP contribution >= 0.6 is 27.7 Å². The highest BCUT2D eigenvalue weighted by Gasteiger charge is 2.67. The Labute approximate surface area is 195 Å². The van der Waals surface area contributed by atoms with Gasteiger partial charge in [0.05, 0.1) is 6.42 Å². The van der Waals surface area contributed by atoms with E-state index in [0.717, 1.165) is 11.1 Å². The third-order valence-electron chi connectivity index (χ3n) is 4.77. The average molecular weight is 511 g/mol. The summed E-state index contributed by atoms with van der Waals surface area (Å²) in [5.74, 6) is -0.826. The second-order valence-electron chi connectivity index (χ2n) is 8.31. The summed E-state index contributed by atoms with van der Waals surface area (Å²) < 4.78 is 11.4. The van der Waals surface area contributed by atoms with Crippen molar-refractivity contribution in [1.29, 1.82) is 0 Å². The molecule has 9 heteroatoms. The lowest BCUT2D eigenvalue weighted by Crippen LogP contribution is -2.81. The molecule has 2 aliphatic heterocycles. The van der Waals surface area contributed by atoms with Crippen molar-refractivity contribution >= 4 is 45.5 Å². The number of carbonyl (C=O) groups excluding carboxylic acids is 3. The summed E-state index contributed by atoms with van der Waals surface area (Å²) in [6, 6.07) is 9.29. The van der Waals surface area contributed by atoms with Crippen molar-refractivity contribution in [3.05, 3.63) is 47.2 Å². The minimum atomic E-state index is -1.50. The minimum absolute atomic E-state index is 0.127. The number of benzene rings is 1. The third-order valence-corrected chi connectivity index (χ3v) is 6.82. The molecule has 2 atom stereocenters. The van der Waals surface area contributed by atoms with Crippen molar-refractivity contribution in [3.63, 3.8) is 0 Å². The summed E-state index contributed by atoms with van der Waals surface area (Å²) in [5, 5.41) is 2.70. The zero-order valence-corrected chi connectivity index (χ0v) is 20.5. The Morgan fingerprint density at radius 1 is 1.29 bits per heavy atom. The van der Waals surface area contributed by atoms with Gasteiger partial charge in [0.1, 0.15) is 16.7 Å². The van der Waals surface area contributed by atoms with Crippen LogP contribution in [0.1, 0.15) is 33.3 Å². The summed E-state index contributed by atoms with van der Waals surface area (Å²) in [5.41, 5.74) is -0.368. The number of rotatable bonds is 7. The number of thioether (sulfide) groups is 1. The molecule has 2 heterocycles. The minimum Gasteiger partial charge on any atom is -0.455 e. The van der Waals surface area contributed by atoms with E-state index in [-0.39, 0.29) is 24.6 Å². The number of alkyl halides is 1. The van der Waals surface area contributed by atoms with Crippen molar-refractivity contribution < 1.29 is 23.9 Å². The van der Waals surface area contributed by atoms with Gasteiger partial charge in [0.15, 0.2) is 0 Å². The second kappa shape index (κ2) is 9.34. The Morgan fingerprint density at radius 2 is 1.97 bits per heavy atom. The zero-order valence-electron chi connectivity index (χ0n) is 18.1. The number of hydrogen-bond donors (Lipinski definition) is 1. The van der Waals surface area contributed by atoms with Gasteiger partial charge in [-0.05, 0) is 38.8 Å². The number of hydrogen-bond acceptors (Lipinski definition) is 6. The predicted molar refractivity (Wildman–Crippen MR) is 122 cm³/mol. The summed E-state index contributed by atoms with van der Waals surface area (Å²) in [6.07, 6.45) is 0.127. The third kappa shape index (κ3) is 4.83. The van der Waals surface area contributed by atoms with Crippen molar-refractivity contribution in [3.8, 4) is 0 Å². The lowest BCUT2D eigenvalue weighted by atomic mass is 9.97. The fourth-order valence-electron chi connectivity index (χ4n) is 3.55. The molecule has 3 rings (SSSR count). The van der Waals surface area contributed by atoms with Crippen molar-refractivity contribution in [2.24, 2.45) is 0 Å². The Hall–Kier alpha value is -1.84. The topological polar surface area (TPSA) is 84.9 Å². The van der Waals surface area contributed by atoms with Gasteiger partial charge in [-0.15, -0.1) is 11.8 Å². The van der Waals surface area contributed by atoms with Crippen molar-refractivity contribution in [2.75, 3.05) is 17.7 Å². The summed E-state index contributed by atoms with van der Waals surface area (Å²) in [6.45, 7) is 7.34. The monoisotopic (exact) mass is 510 g/mol. The van der Waals surface area contributed by atoms with E-state index in [1.54, 1.807) is 27.7 Å². The van der Waals surface area contributed by atoms with Gasteiger partial charge < -0.3 is 14.8 Å². The molecule has 2 aliphatic rings. The molecule has 31 heavy (non-hydrogen) atoms. The van der Waals surface area contributed by atoms with Gasteiger partial charge in [-0.1, -0.05) is 46.3 Å². The smallest absolute Gasteiger partial charge is 0.355 e. The molecule has 1 fully saturated rings. The maximum absolute atomic E-state index is 13.4. The highest BCUT2D eigenvalue weighted by molar-refractivity contribution is 9.09. The molecule has 2 amide bonds. The highest BCUT2D eigenvalue weighted by Crippen LogP contribution is 2.47. The van der Waals surface area contributed by atoms with Gasteiger partial charge >= 0.3 is 5.97 Å². The first-order valence-electron chi connectivity index (χ1n) is 10.1. The zero-order chi connectivity index (χ0) is 22.8. The van der Waals surface area contributed by atoms with Crippen LogP contribution in [0.15, 0.2) is 41.6 Å². The summed E-state index contributed by atoms with van der Waals surface area (Å²) in [7, 11) is 0. The largest absolute Gasteiger partial charge is 0.455 e. The number of β-lactam (4-membered cyclic amide) rings is 1. The standard InChI is InChI=1S/C22H27BrN2O5S/c1-5-29-22(24-16(26)11-14-9-7-6-8-10-14)19(28)25-17(18(27)30-21(2,3)4)15(12-23)13-31-20(22)25/h6-10,20H,5,11-13H2,1-4H3,(H,24,26)/t20-,22?/m1/s1. The lowest BCUT2D eigenvalue weighted by Gasteiger charge is -2.56. The van der Waals surface area contributed by atoms with E-state index in [9.17, 15) is 14.4 Å². The predicted octanol–water partition coefficient (Wildman–Crippen LogP) is 2.98. The van der Waals surface area contributed by atoms with E-state index in [0.29, 0.717) is 11.1 Å². The first-order chi connectivity index (χ1) is 14.6. The number of amides is 2. The van der Waals surface area contributed by atoms with Gasteiger partial charge in [0.25, 0.3) is 11.6 Å².